The topological polar surface area (TPSA) is 71.1 Å². The molecule has 5 nitrogen and oxygen atoms in total. The van der Waals surface area contributed by atoms with Gasteiger partial charge in [0.2, 0.25) is 0 Å². The molecule has 106 valence electrons. The van der Waals surface area contributed by atoms with Gasteiger partial charge < -0.3 is 5.32 Å². The van der Waals surface area contributed by atoms with Crippen LogP contribution in [0.2, 0.25) is 10.0 Å². The van der Waals surface area contributed by atoms with Crippen molar-refractivity contribution < 1.29 is 8.42 Å². The van der Waals surface area contributed by atoms with Gasteiger partial charge in [0, 0.05) is 18.3 Å². The van der Waals surface area contributed by atoms with Crippen molar-refractivity contribution in [2.24, 2.45) is 0 Å². The Morgan fingerprint density at radius 3 is 2.60 bits per heavy atom. The molecule has 2 aromatic rings. The maximum Gasteiger partial charge on any atom is 0.265 e. The van der Waals surface area contributed by atoms with E-state index in [0.29, 0.717) is 5.02 Å². The maximum absolute atomic E-state index is 12.3. The molecule has 0 unspecified atom stereocenters. The molecule has 2 N–H and O–H groups in total. The molecular weight excluding hydrogens is 321 g/mol. The first-order chi connectivity index (χ1) is 9.44. The van der Waals surface area contributed by atoms with Gasteiger partial charge in [-0.1, -0.05) is 23.2 Å². The lowest BCUT2D eigenvalue weighted by Gasteiger charge is -2.12. The first-order valence-electron chi connectivity index (χ1n) is 5.54. The van der Waals surface area contributed by atoms with Crippen LogP contribution in [0.25, 0.3) is 0 Å². The van der Waals surface area contributed by atoms with Crippen LogP contribution in [0.1, 0.15) is 0 Å². The number of pyridine rings is 1. The zero-order valence-corrected chi connectivity index (χ0v) is 12.7. The second-order valence-corrected chi connectivity index (χ2v) is 6.32. The van der Waals surface area contributed by atoms with Crippen LogP contribution in [0.5, 0.6) is 0 Å². The summed E-state index contributed by atoms with van der Waals surface area (Å²) in [5, 5.41) is 3.37. The Kier molecular flexibility index (Phi) is 4.37. The SMILES string of the molecule is CNc1ncccc1S(=O)(=O)Nc1ccc(Cl)cc1Cl. The van der Waals surface area contributed by atoms with Gasteiger partial charge in [0.15, 0.2) is 0 Å². The summed E-state index contributed by atoms with van der Waals surface area (Å²) in [4.78, 5) is 3.99. The third kappa shape index (κ3) is 3.15. The van der Waals surface area contributed by atoms with Gasteiger partial charge in [-0.05, 0) is 30.3 Å². The van der Waals surface area contributed by atoms with Crippen LogP contribution in [0.15, 0.2) is 41.4 Å². The van der Waals surface area contributed by atoms with E-state index in [1.165, 1.54) is 24.4 Å². The van der Waals surface area contributed by atoms with Crippen molar-refractivity contribution >= 4 is 44.7 Å². The summed E-state index contributed by atoms with van der Waals surface area (Å²) in [7, 11) is -2.20. The second kappa shape index (κ2) is 5.87. The molecule has 2 rings (SSSR count). The van der Waals surface area contributed by atoms with Crippen molar-refractivity contribution in [3.8, 4) is 0 Å². The zero-order chi connectivity index (χ0) is 14.8. The number of hydrogen-bond acceptors (Lipinski definition) is 4. The predicted molar refractivity (Wildman–Crippen MR) is 81.1 cm³/mol. The summed E-state index contributed by atoms with van der Waals surface area (Å²) in [6, 6.07) is 7.50. The first-order valence-corrected chi connectivity index (χ1v) is 7.78. The molecule has 8 heteroatoms. The van der Waals surface area contributed by atoms with Crippen LogP contribution in [0, 0.1) is 0 Å². The number of benzene rings is 1. The van der Waals surface area contributed by atoms with E-state index in [4.69, 9.17) is 23.2 Å². The average molecular weight is 332 g/mol. The maximum atomic E-state index is 12.3. The van der Waals surface area contributed by atoms with Gasteiger partial charge in [-0.3, -0.25) is 4.72 Å². The van der Waals surface area contributed by atoms with Crippen molar-refractivity contribution in [1.82, 2.24) is 4.98 Å². The smallest absolute Gasteiger partial charge is 0.265 e. The quantitative estimate of drug-likeness (QED) is 0.902. The van der Waals surface area contributed by atoms with E-state index in [-0.39, 0.29) is 21.4 Å². The molecule has 0 saturated carbocycles. The lowest BCUT2D eigenvalue weighted by Crippen LogP contribution is -2.15. The molecule has 0 spiro atoms. The van der Waals surface area contributed by atoms with Crippen LogP contribution in [0.4, 0.5) is 11.5 Å². The first kappa shape index (κ1) is 14.9. The predicted octanol–water partition coefficient (Wildman–Crippen LogP) is 3.23. The number of nitrogens with zero attached hydrogens (tertiary/aromatic N) is 1. The van der Waals surface area contributed by atoms with Gasteiger partial charge in [-0.2, -0.15) is 0 Å². The number of anilines is 2. The molecule has 0 aliphatic carbocycles. The van der Waals surface area contributed by atoms with E-state index in [1.54, 1.807) is 19.2 Å². The van der Waals surface area contributed by atoms with Gasteiger partial charge >= 0.3 is 0 Å². The summed E-state index contributed by atoms with van der Waals surface area (Å²) in [5.74, 6) is 0.255. The van der Waals surface area contributed by atoms with E-state index in [1.807, 2.05) is 0 Å². The number of rotatable bonds is 4. The molecule has 0 fully saturated rings. The van der Waals surface area contributed by atoms with Gasteiger partial charge in [0.1, 0.15) is 10.7 Å². The highest BCUT2D eigenvalue weighted by Crippen LogP contribution is 2.28. The highest BCUT2D eigenvalue weighted by atomic mass is 35.5. The standard InChI is InChI=1S/C12H11Cl2N3O2S/c1-15-12-11(3-2-6-16-12)20(18,19)17-10-5-4-8(13)7-9(10)14/h2-7,17H,1H3,(H,15,16). The molecular formula is C12H11Cl2N3O2S. The Labute approximate surface area is 127 Å². The Morgan fingerprint density at radius 1 is 1.20 bits per heavy atom. The van der Waals surface area contributed by atoms with Gasteiger partial charge in [-0.25, -0.2) is 13.4 Å². The monoisotopic (exact) mass is 331 g/mol. The van der Waals surface area contributed by atoms with Gasteiger partial charge in [0.25, 0.3) is 10.0 Å². The number of nitrogens with one attached hydrogen (secondary N) is 2. The van der Waals surface area contributed by atoms with Crippen molar-refractivity contribution in [1.29, 1.82) is 0 Å². The minimum Gasteiger partial charge on any atom is -0.372 e. The number of aromatic nitrogens is 1. The summed E-state index contributed by atoms with van der Waals surface area (Å²) in [6.07, 6.45) is 1.50. The van der Waals surface area contributed by atoms with Crippen LogP contribution in [-0.4, -0.2) is 20.4 Å². The van der Waals surface area contributed by atoms with Crippen LogP contribution in [0.3, 0.4) is 0 Å². The van der Waals surface area contributed by atoms with Crippen LogP contribution >= 0.6 is 23.2 Å². The third-order valence-electron chi connectivity index (χ3n) is 2.47. The molecule has 0 aliphatic rings. The fourth-order valence-electron chi connectivity index (χ4n) is 1.57. The Bertz CT molecular complexity index is 735. The molecule has 0 radical (unpaired) electrons. The minimum atomic E-state index is -3.79. The van der Waals surface area contributed by atoms with Gasteiger partial charge in [-0.15, -0.1) is 0 Å². The number of hydrogen-bond donors (Lipinski definition) is 2. The van der Waals surface area contributed by atoms with Crippen molar-refractivity contribution in [2.45, 2.75) is 4.90 Å². The Balaban J connectivity index is 2.41. The summed E-state index contributed by atoms with van der Waals surface area (Å²) >= 11 is 11.7. The zero-order valence-electron chi connectivity index (χ0n) is 10.4. The van der Waals surface area contributed by atoms with Crippen molar-refractivity contribution in [2.75, 3.05) is 17.1 Å². The summed E-state index contributed by atoms with van der Waals surface area (Å²) in [5.41, 5.74) is 0.252. The molecule has 1 heterocycles. The molecule has 1 aromatic heterocycles. The highest BCUT2D eigenvalue weighted by molar-refractivity contribution is 7.92. The van der Waals surface area contributed by atoms with E-state index < -0.39 is 10.0 Å². The van der Waals surface area contributed by atoms with Gasteiger partial charge in [0.05, 0.1) is 10.7 Å². The third-order valence-corrected chi connectivity index (χ3v) is 4.42. The fraction of sp³-hybridized carbons (Fsp3) is 0.0833. The molecule has 0 atom stereocenters. The van der Waals surface area contributed by atoms with E-state index in [2.05, 4.69) is 15.0 Å². The highest BCUT2D eigenvalue weighted by Gasteiger charge is 2.20. The Hall–Kier alpha value is -1.50. The fourth-order valence-corrected chi connectivity index (χ4v) is 3.32. The van der Waals surface area contributed by atoms with E-state index >= 15 is 0 Å². The minimum absolute atomic E-state index is 0.0357. The second-order valence-electron chi connectivity index (χ2n) is 3.83. The number of sulfonamides is 1. The molecule has 0 bridgehead atoms. The molecule has 20 heavy (non-hydrogen) atoms. The summed E-state index contributed by atoms with van der Waals surface area (Å²) < 4.78 is 27.1. The van der Waals surface area contributed by atoms with Crippen molar-refractivity contribution in [3.05, 3.63) is 46.6 Å². The Morgan fingerprint density at radius 2 is 1.95 bits per heavy atom. The average Bonchev–Trinajstić information content (AvgIpc) is 2.42. The normalized spacial score (nSPS) is 11.2. The molecule has 0 amide bonds. The molecule has 0 aliphatic heterocycles. The molecule has 1 aromatic carbocycles. The van der Waals surface area contributed by atoms with Crippen LogP contribution < -0.4 is 10.0 Å². The number of halogens is 2. The molecule has 0 saturated heterocycles. The van der Waals surface area contributed by atoms with E-state index in [9.17, 15) is 8.42 Å². The van der Waals surface area contributed by atoms with Crippen LogP contribution in [-0.2, 0) is 10.0 Å². The summed E-state index contributed by atoms with van der Waals surface area (Å²) in [6.45, 7) is 0. The van der Waals surface area contributed by atoms with E-state index in [0.717, 1.165) is 0 Å². The lowest BCUT2D eigenvalue weighted by atomic mass is 10.3. The van der Waals surface area contributed by atoms with Crippen molar-refractivity contribution in [3.63, 3.8) is 0 Å². The largest absolute Gasteiger partial charge is 0.372 e. The lowest BCUT2D eigenvalue weighted by molar-refractivity contribution is 0.601.